The molecule has 0 saturated carbocycles. The van der Waals surface area contributed by atoms with E-state index in [1.54, 1.807) is 17.0 Å². The summed E-state index contributed by atoms with van der Waals surface area (Å²) in [4.78, 5) is 42.6. The molecule has 1 heterocycles. The van der Waals surface area contributed by atoms with Gasteiger partial charge in [0, 0.05) is 0 Å². The first-order valence-corrected chi connectivity index (χ1v) is 12.7. The first-order chi connectivity index (χ1) is 18.0. The average molecular weight is 500 g/mol. The van der Waals surface area contributed by atoms with Gasteiger partial charge in [0.25, 0.3) is 5.91 Å². The van der Waals surface area contributed by atoms with Crippen LogP contribution in [0.4, 0.5) is 5.69 Å². The Balaban J connectivity index is 1.75. The maximum Gasteiger partial charge on any atom is 0.305 e. The van der Waals surface area contributed by atoms with Gasteiger partial charge in [-0.3, -0.25) is 14.4 Å². The lowest BCUT2D eigenvalue weighted by Gasteiger charge is -2.30. The van der Waals surface area contributed by atoms with Gasteiger partial charge in [-0.2, -0.15) is 0 Å². The minimum absolute atomic E-state index is 0.209. The number of aryl methyl sites for hydroxylation is 1. The molecule has 0 radical (unpaired) electrons. The van der Waals surface area contributed by atoms with E-state index in [-0.39, 0.29) is 24.8 Å². The molecule has 0 saturated heterocycles. The zero-order chi connectivity index (χ0) is 26.2. The van der Waals surface area contributed by atoms with Gasteiger partial charge >= 0.3 is 5.97 Å². The lowest BCUT2D eigenvalue weighted by atomic mass is 9.99. The number of aliphatic carboxylic acids is 1. The molecule has 37 heavy (non-hydrogen) atoms. The fourth-order valence-electron chi connectivity index (χ4n) is 4.83. The Morgan fingerprint density at radius 2 is 1.59 bits per heavy atom. The molecular weight excluding hydrogens is 466 g/mol. The molecule has 192 valence electrons. The Kier molecular flexibility index (Phi) is 8.69. The van der Waals surface area contributed by atoms with Crippen LogP contribution in [0.1, 0.15) is 58.8 Å². The molecular formula is C30H33N3O4. The van der Waals surface area contributed by atoms with Crippen LogP contribution in [-0.2, 0) is 22.6 Å². The fourth-order valence-corrected chi connectivity index (χ4v) is 4.83. The summed E-state index contributed by atoms with van der Waals surface area (Å²) in [5, 5.41) is 9.68. The maximum atomic E-state index is 14.0. The second-order valence-electron chi connectivity index (χ2n) is 9.37. The largest absolute Gasteiger partial charge is 0.481 e. The number of fused-ring (bicyclic) bond motifs is 1. The standard InChI is InChI=1S/C30H33N3O4/c31-17-9-3-6-10-22-15-16-26-25(18-22)30(37)33(27(19-29(35)36)24-13-7-2-8-14-24)21-28(34)32(26)20-23-11-4-1-5-12-23/h1-2,4-5,7-8,11-16,18,27H,3,6,9-10,17,19-21,31H2,(H,35,36). The summed E-state index contributed by atoms with van der Waals surface area (Å²) in [5.41, 5.74) is 9.23. The number of amides is 2. The van der Waals surface area contributed by atoms with Crippen molar-refractivity contribution in [2.75, 3.05) is 18.0 Å². The predicted octanol–water partition coefficient (Wildman–Crippen LogP) is 4.56. The number of nitrogens with two attached hydrogens (primary N) is 1. The van der Waals surface area contributed by atoms with Crippen LogP contribution >= 0.6 is 0 Å². The molecule has 3 aromatic carbocycles. The van der Waals surface area contributed by atoms with Crippen LogP contribution in [0.2, 0.25) is 0 Å². The Morgan fingerprint density at radius 1 is 0.892 bits per heavy atom. The Bertz CT molecular complexity index is 1230. The molecule has 7 heteroatoms. The minimum atomic E-state index is -1.03. The Hall–Kier alpha value is -3.97. The topological polar surface area (TPSA) is 104 Å². The molecule has 3 N–H and O–H groups in total. The SMILES string of the molecule is NCCCCCc1ccc2c(c1)C(=O)N(C(CC(=O)O)c1ccccc1)CC(=O)N2Cc1ccccc1. The highest BCUT2D eigenvalue weighted by Gasteiger charge is 2.36. The van der Waals surface area contributed by atoms with Gasteiger partial charge in [-0.15, -0.1) is 0 Å². The van der Waals surface area contributed by atoms with Crippen LogP contribution in [0.5, 0.6) is 0 Å². The van der Waals surface area contributed by atoms with Crippen LogP contribution in [0, 0.1) is 0 Å². The number of hydrogen-bond donors (Lipinski definition) is 2. The van der Waals surface area contributed by atoms with Gasteiger partial charge in [0.2, 0.25) is 5.91 Å². The molecule has 3 aromatic rings. The van der Waals surface area contributed by atoms with Crippen molar-refractivity contribution in [2.24, 2.45) is 5.73 Å². The summed E-state index contributed by atoms with van der Waals surface area (Å²) in [5.74, 6) is -1.62. The zero-order valence-electron chi connectivity index (χ0n) is 20.9. The first-order valence-electron chi connectivity index (χ1n) is 12.7. The lowest BCUT2D eigenvalue weighted by molar-refractivity contribution is -0.138. The van der Waals surface area contributed by atoms with Crippen molar-refractivity contribution < 1.29 is 19.5 Å². The van der Waals surface area contributed by atoms with Gasteiger partial charge in [0.05, 0.1) is 30.3 Å². The molecule has 0 aliphatic carbocycles. The van der Waals surface area contributed by atoms with E-state index >= 15 is 0 Å². The van der Waals surface area contributed by atoms with E-state index in [1.807, 2.05) is 66.7 Å². The molecule has 1 atom stereocenters. The highest BCUT2D eigenvalue weighted by atomic mass is 16.4. The number of nitrogens with zero attached hydrogens (tertiary/aromatic N) is 2. The van der Waals surface area contributed by atoms with Crippen LogP contribution < -0.4 is 10.6 Å². The van der Waals surface area contributed by atoms with Gasteiger partial charge in [-0.1, -0.05) is 73.2 Å². The molecule has 1 aliphatic rings. The first kappa shape index (κ1) is 26.1. The van der Waals surface area contributed by atoms with Crippen molar-refractivity contribution >= 4 is 23.5 Å². The van der Waals surface area contributed by atoms with Crippen molar-refractivity contribution in [1.29, 1.82) is 0 Å². The fraction of sp³-hybridized carbons (Fsp3) is 0.300. The van der Waals surface area contributed by atoms with Crippen molar-refractivity contribution in [1.82, 2.24) is 4.90 Å². The van der Waals surface area contributed by atoms with Crippen molar-refractivity contribution in [3.05, 3.63) is 101 Å². The predicted molar refractivity (Wildman–Crippen MR) is 143 cm³/mol. The number of carboxylic acids is 1. The average Bonchev–Trinajstić information content (AvgIpc) is 3.01. The number of unbranched alkanes of at least 4 members (excludes halogenated alkanes) is 2. The number of benzene rings is 3. The summed E-state index contributed by atoms with van der Waals surface area (Å²) >= 11 is 0. The summed E-state index contributed by atoms with van der Waals surface area (Å²) in [6.45, 7) is 0.760. The van der Waals surface area contributed by atoms with Gasteiger partial charge < -0.3 is 20.6 Å². The van der Waals surface area contributed by atoms with Crippen LogP contribution in [0.3, 0.4) is 0 Å². The second kappa shape index (κ2) is 12.3. The number of carboxylic acid groups (broad SMARTS) is 1. The summed E-state index contributed by atoms with van der Waals surface area (Å²) < 4.78 is 0. The highest BCUT2D eigenvalue weighted by Crippen LogP contribution is 2.34. The van der Waals surface area contributed by atoms with E-state index < -0.39 is 12.0 Å². The van der Waals surface area contributed by atoms with Crippen molar-refractivity contribution in [3.63, 3.8) is 0 Å². The number of anilines is 1. The maximum absolute atomic E-state index is 14.0. The van der Waals surface area contributed by atoms with Gasteiger partial charge in [-0.05, 0) is 54.6 Å². The Morgan fingerprint density at radius 3 is 2.27 bits per heavy atom. The second-order valence-corrected chi connectivity index (χ2v) is 9.37. The van der Waals surface area contributed by atoms with Gasteiger partial charge in [0.1, 0.15) is 6.54 Å². The third-order valence-electron chi connectivity index (χ3n) is 6.73. The molecule has 0 fully saturated rings. The van der Waals surface area contributed by atoms with Crippen LogP contribution in [0.25, 0.3) is 0 Å². The van der Waals surface area contributed by atoms with Crippen molar-refractivity contribution in [3.8, 4) is 0 Å². The van der Waals surface area contributed by atoms with E-state index in [9.17, 15) is 19.5 Å². The molecule has 0 spiro atoms. The molecule has 0 aromatic heterocycles. The summed E-state index contributed by atoms with van der Waals surface area (Å²) in [6, 6.07) is 23.6. The number of hydrogen-bond acceptors (Lipinski definition) is 4. The highest BCUT2D eigenvalue weighted by molar-refractivity contribution is 6.10. The number of rotatable bonds is 11. The van der Waals surface area contributed by atoms with E-state index in [2.05, 4.69) is 0 Å². The van der Waals surface area contributed by atoms with Crippen LogP contribution in [-0.4, -0.2) is 40.9 Å². The summed E-state index contributed by atoms with van der Waals surface area (Å²) in [6.07, 6.45) is 3.40. The molecule has 2 amide bonds. The lowest BCUT2D eigenvalue weighted by Crippen LogP contribution is -2.41. The van der Waals surface area contributed by atoms with E-state index in [4.69, 9.17) is 5.73 Å². The van der Waals surface area contributed by atoms with E-state index in [1.165, 1.54) is 4.90 Å². The van der Waals surface area contributed by atoms with E-state index in [0.717, 1.165) is 36.8 Å². The molecule has 0 bridgehead atoms. The Labute approximate surface area is 217 Å². The van der Waals surface area contributed by atoms with E-state index in [0.29, 0.717) is 29.9 Å². The van der Waals surface area contributed by atoms with Crippen LogP contribution in [0.15, 0.2) is 78.9 Å². The molecule has 4 rings (SSSR count). The van der Waals surface area contributed by atoms with Gasteiger partial charge in [0.15, 0.2) is 0 Å². The molecule has 7 nitrogen and oxygen atoms in total. The third kappa shape index (κ3) is 6.43. The van der Waals surface area contributed by atoms with Gasteiger partial charge in [-0.25, -0.2) is 0 Å². The third-order valence-corrected chi connectivity index (χ3v) is 6.73. The molecule has 1 unspecified atom stereocenters. The number of carbonyl (C=O) groups is 3. The minimum Gasteiger partial charge on any atom is -0.481 e. The smallest absolute Gasteiger partial charge is 0.305 e. The van der Waals surface area contributed by atoms with Crippen molar-refractivity contribution in [2.45, 2.75) is 44.7 Å². The normalized spacial score (nSPS) is 14.3. The quantitative estimate of drug-likeness (QED) is 0.376. The zero-order valence-corrected chi connectivity index (χ0v) is 20.9. The monoisotopic (exact) mass is 499 g/mol. The summed E-state index contributed by atoms with van der Waals surface area (Å²) in [7, 11) is 0. The molecule has 1 aliphatic heterocycles. The number of carbonyl (C=O) groups excluding carboxylic acids is 2.